The van der Waals surface area contributed by atoms with E-state index in [-0.39, 0.29) is 30.0 Å². The van der Waals surface area contributed by atoms with Crippen LogP contribution in [0.15, 0.2) is 70.4 Å². The average molecular weight is 413 g/mol. The van der Waals surface area contributed by atoms with Crippen molar-refractivity contribution in [2.24, 2.45) is 4.99 Å². The van der Waals surface area contributed by atoms with E-state index in [1.54, 1.807) is 24.3 Å². The Hall–Kier alpha value is -3.12. The number of carbonyl (C=O) groups excluding carboxylic acids is 1. The van der Waals surface area contributed by atoms with Crippen molar-refractivity contribution in [1.29, 1.82) is 0 Å². The van der Waals surface area contributed by atoms with Gasteiger partial charge in [-0.25, -0.2) is 9.38 Å². The first-order valence-corrected chi connectivity index (χ1v) is 9.47. The predicted molar refractivity (Wildman–Crippen MR) is 110 cm³/mol. The Bertz CT molecular complexity index is 1060. The van der Waals surface area contributed by atoms with Gasteiger partial charge in [-0.15, -0.1) is 0 Å². The minimum atomic E-state index is -0.542. The molecule has 7 heteroatoms. The summed E-state index contributed by atoms with van der Waals surface area (Å²) in [5, 5.41) is 3.30. The minimum absolute atomic E-state index is 0.173. The van der Waals surface area contributed by atoms with Crippen molar-refractivity contribution in [1.82, 2.24) is 0 Å². The lowest BCUT2D eigenvalue weighted by molar-refractivity contribution is -0.118. The Morgan fingerprint density at radius 3 is 2.93 bits per heavy atom. The number of nitrogens with zero attached hydrogens (tertiary/aromatic N) is 1. The summed E-state index contributed by atoms with van der Waals surface area (Å²) in [4.78, 5) is 16.5. The zero-order chi connectivity index (χ0) is 20.4. The Balaban J connectivity index is 1.40. The monoisotopic (exact) mass is 412 g/mol. The summed E-state index contributed by atoms with van der Waals surface area (Å²) in [5.41, 5.74) is 1.48. The van der Waals surface area contributed by atoms with Crippen molar-refractivity contribution in [2.75, 3.05) is 11.9 Å². The Morgan fingerprint density at radius 1 is 1.31 bits per heavy atom. The summed E-state index contributed by atoms with van der Waals surface area (Å²) in [6, 6.07) is 11.5. The van der Waals surface area contributed by atoms with Gasteiger partial charge in [0.05, 0.1) is 5.56 Å². The normalized spacial score (nSPS) is 17.5. The number of para-hydroxylation sites is 1. The Labute approximate surface area is 172 Å². The number of anilines is 1. The quantitative estimate of drug-likeness (QED) is 0.773. The van der Waals surface area contributed by atoms with Gasteiger partial charge >= 0.3 is 0 Å². The molecule has 0 saturated carbocycles. The van der Waals surface area contributed by atoms with Crippen LogP contribution in [0, 0.1) is 12.7 Å². The highest BCUT2D eigenvalue weighted by molar-refractivity contribution is 6.29. The van der Waals surface area contributed by atoms with Gasteiger partial charge in [0, 0.05) is 17.1 Å². The number of benzene rings is 2. The van der Waals surface area contributed by atoms with Crippen molar-refractivity contribution >= 4 is 29.1 Å². The highest BCUT2D eigenvalue weighted by Crippen LogP contribution is 2.31. The molecule has 0 spiro atoms. The first-order chi connectivity index (χ1) is 14.0. The third-order valence-electron chi connectivity index (χ3n) is 4.57. The molecule has 2 aliphatic rings. The fraction of sp³-hybridized carbons (Fsp3) is 0.182. The maximum atomic E-state index is 14.6. The first kappa shape index (κ1) is 19.2. The third-order valence-corrected chi connectivity index (χ3v) is 4.85. The van der Waals surface area contributed by atoms with E-state index in [0.717, 1.165) is 5.56 Å². The number of allylic oxidation sites excluding steroid dienone is 2. The zero-order valence-electron chi connectivity index (χ0n) is 15.6. The Morgan fingerprint density at radius 2 is 2.14 bits per heavy atom. The molecule has 2 aromatic carbocycles. The summed E-state index contributed by atoms with van der Waals surface area (Å²) < 4.78 is 25.8. The first-order valence-electron chi connectivity index (χ1n) is 9.10. The van der Waals surface area contributed by atoms with Crippen LogP contribution in [0.4, 0.5) is 10.1 Å². The highest BCUT2D eigenvalue weighted by atomic mass is 35.5. The van der Waals surface area contributed by atoms with E-state index < -0.39 is 5.82 Å². The predicted octanol–water partition coefficient (Wildman–Crippen LogP) is 4.71. The molecule has 1 aliphatic heterocycles. The molecule has 4 rings (SSSR count). The number of hydrogen-bond acceptors (Lipinski definition) is 4. The summed E-state index contributed by atoms with van der Waals surface area (Å²) in [5.74, 6) is 0.561. The maximum Gasteiger partial charge on any atom is 0.262 e. The molecule has 5 nitrogen and oxygen atoms in total. The molecule has 0 aromatic heterocycles. The van der Waals surface area contributed by atoms with Crippen molar-refractivity contribution in [3.8, 4) is 5.75 Å². The second kappa shape index (κ2) is 8.09. The van der Waals surface area contributed by atoms with Crippen molar-refractivity contribution in [3.05, 3.63) is 82.4 Å². The third kappa shape index (κ3) is 4.32. The van der Waals surface area contributed by atoms with E-state index in [4.69, 9.17) is 21.1 Å². The fourth-order valence-corrected chi connectivity index (χ4v) is 3.29. The number of amides is 1. The number of carbonyl (C=O) groups is 1. The molecule has 0 saturated heterocycles. The lowest BCUT2D eigenvalue weighted by atomic mass is 10.1. The largest absolute Gasteiger partial charge is 0.483 e. The zero-order valence-corrected chi connectivity index (χ0v) is 16.4. The van der Waals surface area contributed by atoms with Gasteiger partial charge in [-0.1, -0.05) is 29.8 Å². The SMILES string of the molecule is Cc1ccccc1OCC(=O)Nc1ccc(C2=NC3CC(Cl)=CC=C3O2)c(F)c1. The number of aliphatic imine (C=N–C) groups is 1. The van der Waals surface area contributed by atoms with Crippen LogP contribution in [-0.4, -0.2) is 24.5 Å². The molecular weight excluding hydrogens is 395 g/mol. The molecule has 1 amide bonds. The molecule has 1 aliphatic carbocycles. The van der Waals surface area contributed by atoms with Crippen LogP contribution in [0.3, 0.4) is 0 Å². The van der Waals surface area contributed by atoms with Crippen LogP contribution < -0.4 is 10.1 Å². The van der Waals surface area contributed by atoms with Gasteiger partial charge in [-0.2, -0.15) is 0 Å². The summed E-state index contributed by atoms with van der Waals surface area (Å²) in [6.45, 7) is 1.72. The van der Waals surface area contributed by atoms with Gasteiger partial charge in [0.25, 0.3) is 5.91 Å². The molecule has 2 aromatic rings. The summed E-state index contributed by atoms with van der Waals surface area (Å²) in [6.07, 6.45) is 4.03. The lowest BCUT2D eigenvalue weighted by Crippen LogP contribution is -2.20. The number of halogens is 2. The molecule has 1 N–H and O–H groups in total. The van der Waals surface area contributed by atoms with E-state index in [0.29, 0.717) is 28.6 Å². The molecule has 1 unspecified atom stereocenters. The molecule has 1 heterocycles. The van der Waals surface area contributed by atoms with Gasteiger partial charge in [0.15, 0.2) is 6.61 Å². The number of hydrogen-bond donors (Lipinski definition) is 1. The van der Waals surface area contributed by atoms with Crippen molar-refractivity contribution in [2.45, 2.75) is 19.4 Å². The van der Waals surface area contributed by atoms with Crippen LogP contribution in [0.5, 0.6) is 5.75 Å². The Kier molecular flexibility index (Phi) is 5.36. The molecule has 0 radical (unpaired) electrons. The van der Waals surface area contributed by atoms with Gasteiger partial charge < -0.3 is 14.8 Å². The minimum Gasteiger partial charge on any atom is -0.483 e. The van der Waals surface area contributed by atoms with E-state index in [9.17, 15) is 9.18 Å². The number of nitrogens with one attached hydrogen (secondary N) is 1. The second-order valence-electron chi connectivity index (χ2n) is 6.74. The maximum absolute atomic E-state index is 14.6. The molecule has 1 atom stereocenters. The van der Waals surface area contributed by atoms with Gasteiger partial charge in [0.2, 0.25) is 5.90 Å². The summed E-state index contributed by atoms with van der Waals surface area (Å²) >= 11 is 6.02. The number of rotatable bonds is 5. The van der Waals surface area contributed by atoms with Gasteiger partial charge in [0.1, 0.15) is 23.4 Å². The molecule has 0 bridgehead atoms. The summed E-state index contributed by atoms with van der Waals surface area (Å²) in [7, 11) is 0. The molecular formula is C22H18ClFN2O3. The van der Waals surface area contributed by atoms with Crippen LogP contribution in [-0.2, 0) is 9.53 Å². The standard InChI is InChI=1S/C22H18ClFN2O3/c1-13-4-2-3-5-19(13)28-12-21(27)25-15-7-8-16(17(24)11-15)22-26-18-10-14(23)6-9-20(18)29-22/h2-9,11,18H,10,12H2,1H3,(H,25,27). The van der Waals surface area contributed by atoms with Crippen LogP contribution in [0.2, 0.25) is 0 Å². The van der Waals surface area contributed by atoms with Gasteiger partial charge in [-0.3, -0.25) is 4.79 Å². The fourth-order valence-electron chi connectivity index (χ4n) is 3.08. The van der Waals surface area contributed by atoms with Crippen LogP contribution >= 0.6 is 11.6 Å². The molecule has 0 fully saturated rings. The number of aryl methyl sites for hydroxylation is 1. The second-order valence-corrected chi connectivity index (χ2v) is 7.22. The van der Waals surface area contributed by atoms with E-state index in [2.05, 4.69) is 10.3 Å². The molecule has 29 heavy (non-hydrogen) atoms. The van der Waals surface area contributed by atoms with Crippen LogP contribution in [0.25, 0.3) is 0 Å². The number of fused-ring (bicyclic) bond motifs is 1. The highest BCUT2D eigenvalue weighted by Gasteiger charge is 2.29. The van der Waals surface area contributed by atoms with E-state index >= 15 is 0 Å². The topological polar surface area (TPSA) is 59.9 Å². The van der Waals surface area contributed by atoms with E-state index in [1.165, 1.54) is 12.1 Å². The molecule has 148 valence electrons. The van der Waals surface area contributed by atoms with Crippen molar-refractivity contribution < 1.29 is 18.7 Å². The smallest absolute Gasteiger partial charge is 0.262 e. The van der Waals surface area contributed by atoms with Crippen molar-refractivity contribution in [3.63, 3.8) is 0 Å². The van der Waals surface area contributed by atoms with Gasteiger partial charge in [-0.05, 0) is 48.9 Å². The average Bonchev–Trinajstić information content (AvgIpc) is 3.10. The number of ether oxygens (including phenoxy) is 2. The van der Waals surface area contributed by atoms with E-state index in [1.807, 2.05) is 25.1 Å². The lowest BCUT2D eigenvalue weighted by Gasteiger charge is -2.11. The van der Waals surface area contributed by atoms with Crippen LogP contribution in [0.1, 0.15) is 17.5 Å².